The second kappa shape index (κ2) is 8.11. The number of carbonyl (C=O) groups is 2. The van der Waals surface area contributed by atoms with Gasteiger partial charge in [-0.05, 0) is 12.1 Å². The van der Waals surface area contributed by atoms with Crippen molar-refractivity contribution in [3.8, 4) is 0 Å². The highest BCUT2D eigenvalue weighted by atomic mass is 32.2. The Morgan fingerprint density at radius 2 is 2.05 bits per heavy atom. The number of rotatable bonds is 7. The van der Waals surface area contributed by atoms with Crippen molar-refractivity contribution in [3.63, 3.8) is 0 Å². The lowest BCUT2D eigenvalue weighted by Crippen LogP contribution is -2.21. The Hall–Kier alpha value is -2.28. The second-order valence-corrected chi connectivity index (χ2v) is 5.17. The maximum atomic E-state index is 11.5. The predicted molar refractivity (Wildman–Crippen MR) is 77.9 cm³/mol. The lowest BCUT2D eigenvalue weighted by Gasteiger charge is -2.04. The Labute approximate surface area is 125 Å². The van der Waals surface area contributed by atoms with E-state index in [9.17, 15) is 9.59 Å². The molecule has 6 nitrogen and oxygen atoms in total. The summed E-state index contributed by atoms with van der Waals surface area (Å²) < 4.78 is 9.43. The van der Waals surface area contributed by atoms with E-state index in [1.165, 1.54) is 12.3 Å². The molecule has 7 heteroatoms. The summed E-state index contributed by atoms with van der Waals surface area (Å²) in [5.74, 6) is 0.0330. The summed E-state index contributed by atoms with van der Waals surface area (Å²) in [6, 6.07) is 11.3. The van der Waals surface area contributed by atoms with Crippen molar-refractivity contribution >= 4 is 29.5 Å². The summed E-state index contributed by atoms with van der Waals surface area (Å²) in [6.07, 6.45) is 1.58. The van der Waals surface area contributed by atoms with Gasteiger partial charge in [-0.25, -0.2) is 0 Å². The van der Waals surface area contributed by atoms with Crippen molar-refractivity contribution in [1.82, 2.24) is 5.16 Å². The van der Waals surface area contributed by atoms with Crippen molar-refractivity contribution < 1.29 is 18.8 Å². The molecule has 0 atom stereocenters. The molecular formula is C14H14N2O4S. The van der Waals surface area contributed by atoms with Gasteiger partial charge < -0.3 is 14.6 Å². The second-order valence-electron chi connectivity index (χ2n) is 4.01. The first-order valence-electron chi connectivity index (χ1n) is 6.28. The average Bonchev–Trinajstić information content (AvgIpc) is 2.99. The van der Waals surface area contributed by atoms with E-state index in [1.807, 2.05) is 30.3 Å². The largest absolute Gasteiger partial charge is 0.456 e. The molecule has 0 saturated carbocycles. The fourth-order valence-electron chi connectivity index (χ4n) is 1.44. The molecule has 1 heterocycles. The van der Waals surface area contributed by atoms with E-state index < -0.39 is 11.9 Å². The highest BCUT2D eigenvalue weighted by Crippen LogP contribution is 2.17. The summed E-state index contributed by atoms with van der Waals surface area (Å²) in [5.41, 5.74) is 0. The van der Waals surface area contributed by atoms with Crippen LogP contribution in [0.1, 0.15) is 6.42 Å². The van der Waals surface area contributed by atoms with Crippen LogP contribution in [0.5, 0.6) is 0 Å². The fraction of sp³-hybridized carbons (Fsp3) is 0.214. The summed E-state index contributed by atoms with van der Waals surface area (Å²) in [4.78, 5) is 24.0. The molecule has 2 aromatic rings. The highest BCUT2D eigenvalue weighted by Gasteiger charge is 2.09. The van der Waals surface area contributed by atoms with Crippen molar-refractivity contribution in [2.45, 2.75) is 11.3 Å². The third kappa shape index (κ3) is 5.70. The van der Waals surface area contributed by atoms with Gasteiger partial charge in [-0.15, -0.1) is 11.8 Å². The van der Waals surface area contributed by atoms with Crippen LogP contribution in [-0.2, 0) is 14.3 Å². The van der Waals surface area contributed by atoms with Crippen LogP contribution < -0.4 is 5.32 Å². The first kappa shape index (κ1) is 15.1. The van der Waals surface area contributed by atoms with Crippen LogP contribution in [0.15, 0.2) is 52.1 Å². The molecule has 1 amide bonds. The lowest BCUT2D eigenvalue weighted by atomic mass is 10.4. The van der Waals surface area contributed by atoms with Crippen molar-refractivity contribution in [1.29, 1.82) is 0 Å². The molecule has 1 aromatic heterocycles. The summed E-state index contributed by atoms with van der Waals surface area (Å²) >= 11 is 1.56. The first-order chi connectivity index (χ1) is 10.2. The van der Waals surface area contributed by atoms with Crippen LogP contribution in [0.4, 0.5) is 5.82 Å². The van der Waals surface area contributed by atoms with Gasteiger partial charge in [0.1, 0.15) is 6.26 Å². The monoisotopic (exact) mass is 306 g/mol. The molecule has 0 aliphatic rings. The number of carbonyl (C=O) groups excluding carboxylic acids is 2. The predicted octanol–water partition coefficient (Wildman–Crippen LogP) is 2.34. The third-order valence-corrected chi connectivity index (χ3v) is 3.40. The van der Waals surface area contributed by atoms with E-state index in [-0.39, 0.29) is 18.8 Å². The van der Waals surface area contributed by atoms with Gasteiger partial charge in [-0.1, -0.05) is 23.4 Å². The molecule has 2 rings (SSSR count). The maximum Gasteiger partial charge on any atom is 0.307 e. The first-order valence-corrected chi connectivity index (χ1v) is 7.26. The number of thioether (sulfide) groups is 1. The van der Waals surface area contributed by atoms with Crippen molar-refractivity contribution in [2.75, 3.05) is 17.7 Å². The van der Waals surface area contributed by atoms with Gasteiger partial charge in [-0.3, -0.25) is 9.59 Å². The Morgan fingerprint density at radius 3 is 2.76 bits per heavy atom. The van der Waals surface area contributed by atoms with E-state index in [0.29, 0.717) is 5.75 Å². The number of aromatic nitrogens is 1. The molecule has 0 aliphatic heterocycles. The Kier molecular flexibility index (Phi) is 5.83. The number of nitrogens with one attached hydrogen (secondary N) is 1. The van der Waals surface area contributed by atoms with Gasteiger partial charge in [0.15, 0.2) is 12.4 Å². The zero-order valence-corrected chi connectivity index (χ0v) is 12.0. The fourth-order valence-corrected chi connectivity index (χ4v) is 2.30. The SMILES string of the molecule is O=C(COC(=O)CCSc1ccccc1)Nc1ccon1. The lowest BCUT2D eigenvalue weighted by molar-refractivity contribution is -0.146. The minimum Gasteiger partial charge on any atom is -0.456 e. The number of anilines is 1. The van der Waals surface area contributed by atoms with E-state index in [0.717, 1.165) is 4.90 Å². The number of hydrogen-bond donors (Lipinski definition) is 1. The maximum absolute atomic E-state index is 11.5. The van der Waals surface area contributed by atoms with Crippen LogP contribution in [-0.4, -0.2) is 29.4 Å². The minimum atomic E-state index is -0.451. The van der Waals surface area contributed by atoms with Gasteiger partial charge in [0.2, 0.25) is 0 Å². The summed E-state index contributed by atoms with van der Waals surface area (Å²) in [6.45, 7) is -0.332. The van der Waals surface area contributed by atoms with E-state index in [2.05, 4.69) is 15.0 Å². The molecule has 21 heavy (non-hydrogen) atoms. The topological polar surface area (TPSA) is 81.4 Å². The molecular weight excluding hydrogens is 292 g/mol. The Bertz CT molecular complexity index is 572. The Balaban J connectivity index is 1.60. The number of benzene rings is 1. The van der Waals surface area contributed by atoms with Gasteiger partial charge in [-0.2, -0.15) is 0 Å². The summed E-state index contributed by atoms with van der Waals surface area (Å²) in [7, 11) is 0. The average molecular weight is 306 g/mol. The van der Waals surface area contributed by atoms with Crippen molar-refractivity contribution in [3.05, 3.63) is 42.7 Å². The van der Waals surface area contributed by atoms with E-state index in [4.69, 9.17) is 4.74 Å². The van der Waals surface area contributed by atoms with Crippen LogP contribution in [0.25, 0.3) is 0 Å². The number of hydrogen-bond acceptors (Lipinski definition) is 6. The smallest absolute Gasteiger partial charge is 0.307 e. The molecule has 1 aromatic carbocycles. The molecule has 0 fully saturated rings. The number of nitrogens with zero attached hydrogens (tertiary/aromatic N) is 1. The number of amides is 1. The van der Waals surface area contributed by atoms with Crippen molar-refractivity contribution in [2.24, 2.45) is 0 Å². The molecule has 0 aliphatic carbocycles. The van der Waals surface area contributed by atoms with Crippen LogP contribution in [0, 0.1) is 0 Å². The molecule has 0 radical (unpaired) electrons. The minimum absolute atomic E-state index is 0.247. The van der Waals surface area contributed by atoms with Gasteiger partial charge >= 0.3 is 5.97 Å². The number of ether oxygens (including phenoxy) is 1. The Morgan fingerprint density at radius 1 is 1.24 bits per heavy atom. The molecule has 0 unspecified atom stereocenters. The standard InChI is InChI=1S/C14H14N2O4S/c17-13(15-12-6-8-20-16-12)10-19-14(18)7-9-21-11-4-2-1-3-5-11/h1-6,8H,7,9-10H2,(H,15,16,17). The normalized spacial score (nSPS) is 10.1. The highest BCUT2D eigenvalue weighted by molar-refractivity contribution is 7.99. The molecule has 0 spiro atoms. The van der Waals surface area contributed by atoms with Crippen LogP contribution in [0.3, 0.4) is 0 Å². The van der Waals surface area contributed by atoms with Crippen LogP contribution >= 0.6 is 11.8 Å². The molecule has 0 bridgehead atoms. The zero-order valence-electron chi connectivity index (χ0n) is 11.2. The van der Waals surface area contributed by atoms with E-state index >= 15 is 0 Å². The van der Waals surface area contributed by atoms with E-state index in [1.54, 1.807) is 11.8 Å². The quantitative estimate of drug-likeness (QED) is 0.624. The zero-order chi connectivity index (χ0) is 14.9. The van der Waals surface area contributed by atoms with Gasteiger partial charge in [0, 0.05) is 16.7 Å². The van der Waals surface area contributed by atoms with Crippen LogP contribution in [0.2, 0.25) is 0 Å². The summed E-state index contributed by atoms with van der Waals surface area (Å²) in [5, 5.41) is 5.95. The van der Waals surface area contributed by atoms with Gasteiger partial charge in [0.05, 0.1) is 6.42 Å². The molecule has 1 N–H and O–H groups in total. The molecule has 110 valence electrons. The van der Waals surface area contributed by atoms with Gasteiger partial charge in [0.25, 0.3) is 5.91 Å². The third-order valence-electron chi connectivity index (χ3n) is 2.39. The number of esters is 1. The molecule has 0 saturated heterocycles.